The molecule has 4 heteroatoms. The number of thiazole rings is 1. The molecule has 0 aliphatic heterocycles. The molecule has 2 aromatic rings. The van der Waals surface area contributed by atoms with Crippen molar-refractivity contribution in [2.45, 2.75) is 6.42 Å². The van der Waals surface area contributed by atoms with Crippen LogP contribution in [0.2, 0.25) is 0 Å². The molecule has 0 bridgehead atoms. The minimum absolute atomic E-state index is 0.0529. The van der Waals surface area contributed by atoms with Gasteiger partial charge in [-0.1, -0.05) is 18.2 Å². The Kier molecular flexibility index (Phi) is 3.31. The van der Waals surface area contributed by atoms with E-state index in [9.17, 15) is 4.79 Å². The van der Waals surface area contributed by atoms with Crippen LogP contribution < -0.4 is 4.90 Å². The predicted molar refractivity (Wildman–Crippen MR) is 65.7 cm³/mol. The van der Waals surface area contributed by atoms with Crippen molar-refractivity contribution in [3.63, 3.8) is 0 Å². The number of anilines is 1. The summed E-state index contributed by atoms with van der Waals surface area (Å²) in [5.74, 6) is 0.0529. The summed E-state index contributed by atoms with van der Waals surface area (Å²) >= 11 is 1.51. The highest BCUT2D eigenvalue weighted by atomic mass is 32.1. The first-order chi connectivity index (χ1) is 7.77. The number of para-hydroxylation sites is 1. The first-order valence-corrected chi connectivity index (χ1v) is 5.90. The first kappa shape index (κ1) is 10.8. The van der Waals surface area contributed by atoms with Crippen LogP contribution in [0.25, 0.3) is 0 Å². The van der Waals surface area contributed by atoms with Gasteiger partial charge in [-0.05, 0) is 12.1 Å². The second kappa shape index (κ2) is 4.90. The van der Waals surface area contributed by atoms with Crippen LogP contribution in [0.5, 0.6) is 0 Å². The zero-order chi connectivity index (χ0) is 11.4. The molecule has 0 aliphatic rings. The molecule has 82 valence electrons. The predicted octanol–water partition coefficient (Wildman–Crippen LogP) is 2.35. The van der Waals surface area contributed by atoms with E-state index in [0.717, 1.165) is 11.4 Å². The molecular weight excluding hydrogens is 220 g/mol. The van der Waals surface area contributed by atoms with Gasteiger partial charge in [0.15, 0.2) is 0 Å². The molecule has 0 atom stereocenters. The summed E-state index contributed by atoms with van der Waals surface area (Å²) in [6.07, 6.45) is 0.356. The standard InChI is InChI=1S/C12H12N2OS/c1-14(11-5-3-2-4-6-11)12(15)7-10-8-16-9-13-10/h2-6,8-9H,7H2,1H3. The summed E-state index contributed by atoms with van der Waals surface area (Å²) in [4.78, 5) is 17.7. The summed E-state index contributed by atoms with van der Waals surface area (Å²) in [7, 11) is 1.78. The maximum Gasteiger partial charge on any atom is 0.232 e. The van der Waals surface area contributed by atoms with Crippen molar-refractivity contribution in [2.24, 2.45) is 0 Å². The number of hydrogen-bond acceptors (Lipinski definition) is 3. The molecule has 3 nitrogen and oxygen atoms in total. The van der Waals surface area contributed by atoms with Crippen LogP contribution in [0.15, 0.2) is 41.2 Å². The number of nitrogens with zero attached hydrogens (tertiary/aromatic N) is 2. The summed E-state index contributed by atoms with van der Waals surface area (Å²) in [6, 6.07) is 9.60. The lowest BCUT2D eigenvalue weighted by molar-refractivity contribution is -0.117. The molecule has 0 saturated carbocycles. The van der Waals surface area contributed by atoms with E-state index in [2.05, 4.69) is 4.98 Å². The molecular formula is C12H12N2OS. The van der Waals surface area contributed by atoms with E-state index in [1.54, 1.807) is 17.5 Å². The third kappa shape index (κ3) is 2.46. The van der Waals surface area contributed by atoms with Gasteiger partial charge >= 0.3 is 0 Å². The summed E-state index contributed by atoms with van der Waals surface area (Å²) in [5, 5.41) is 1.90. The number of aromatic nitrogens is 1. The molecule has 16 heavy (non-hydrogen) atoms. The lowest BCUT2D eigenvalue weighted by Gasteiger charge is -2.16. The highest BCUT2D eigenvalue weighted by molar-refractivity contribution is 7.07. The molecule has 0 spiro atoms. The fourth-order valence-corrected chi connectivity index (χ4v) is 1.95. The van der Waals surface area contributed by atoms with Crippen molar-refractivity contribution >= 4 is 22.9 Å². The number of amides is 1. The highest BCUT2D eigenvalue weighted by Gasteiger charge is 2.11. The minimum atomic E-state index is 0.0529. The van der Waals surface area contributed by atoms with E-state index in [1.165, 1.54) is 11.3 Å². The number of likely N-dealkylation sites (N-methyl/N-ethyl adjacent to an activating group) is 1. The van der Waals surface area contributed by atoms with E-state index in [-0.39, 0.29) is 5.91 Å². The van der Waals surface area contributed by atoms with Crippen molar-refractivity contribution < 1.29 is 4.79 Å². The topological polar surface area (TPSA) is 33.2 Å². The van der Waals surface area contributed by atoms with Gasteiger partial charge < -0.3 is 4.90 Å². The second-order valence-corrected chi connectivity index (χ2v) is 4.16. The van der Waals surface area contributed by atoms with Gasteiger partial charge in [-0.25, -0.2) is 4.98 Å². The van der Waals surface area contributed by atoms with E-state index < -0.39 is 0 Å². The zero-order valence-electron chi connectivity index (χ0n) is 8.96. The molecule has 0 unspecified atom stereocenters. The monoisotopic (exact) mass is 232 g/mol. The van der Waals surface area contributed by atoms with Gasteiger partial charge in [0.25, 0.3) is 0 Å². The van der Waals surface area contributed by atoms with E-state index in [4.69, 9.17) is 0 Å². The Hall–Kier alpha value is -1.68. The van der Waals surface area contributed by atoms with Gasteiger partial charge in [-0.15, -0.1) is 11.3 Å². The summed E-state index contributed by atoms with van der Waals surface area (Å²) in [6.45, 7) is 0. The van der Waals surface area contributed by atoms with Crippen LogP contribution in [0.4, 0.5) is 5.69 Å². The molecule has 1 amide bonds. The number of carbonyl (C=O) groups is 1. The van der Waals surface area contributed by atoms with Gasteiger partial charge in [0.2, 0.25) is 5.91 Å². The Labute approximate surface area is 98.4 Å². The average Bonchev–Trinajstić information content (AvgIpc) is 2.82. The van der Waals surface area contributed by atoms with E-state index in [0.29, 0.717) is 6.42 Å². The molecule has 1 aromatic carbocycles. The van der Waals surface area contributed by atoms with Gasteiger partial charge in [0.1, 0.15) is 0 Å². The average molecular weight is 232 g/mol. The third-order valence-electron chi connectivity index (χ3n) is 2.33. The maximum atomic E-state index is 11.9. The fourth-order valence-electron chi connectivity index (χ4n) is 1.39. The molecule has 0 fully saturated rings. The van der Waals surface area contributed by atoms with Crippen molar-refractivity contribution in [2.75, 3.05) is 11.9 Å². The van der Waals surface area contributed by atoms with E-state index in [1.807, 2.05) is 35.7 Å². The smallest absolute Gasteiger partial charge is 0.232 e. The van der Waals surface area contributed by atoms with Crippen molar-refractivity contribution in [3.05, 3.63) is 46.9 Å². The fraction of sp³-hybridized carbons (Fsp3) is 0.167. The third-order valence-corrected chi connectivity index (χ3v) is 2.97. The van der Waals surface area contributed by atoms with E-state index >= 15 is 0 Å². The summed E-state index contributed by atoms with van der Waals surface area (Å²) < 4.78 is 0. The first-order valence-electron chi connectivity index (χ1n) is 4.96. The van der Waals surface area contributed by atoms with Crippen molar-refractivity contribution in [1.29, 1.82) is 0 Å². The molecule has 2 rings (SSSR count). The Balaban J connectivity index is 2.05. The van der Waals surface area contributed by atoms with Gasteiger partial charge in [-0.3, -0.25) is 4.79 Å². The molecule has 0 saturated heterocycles. The van der Waals surface area contributed by atoms with Crippen LogP contribution in [0, 0.1) is 0 Å². The minimum Gasteiger partial charge on any atom is -0.315 e. The van der Waals surface area contributed by atoms with Crippen molar-refractivity contribution in [3.8, 4) is 0 Å². The largest absolute Gasteiger partial charge is 0.315 e. The van der Waals surface area contributed by atoms with Crippen LogP contribution >= 0.6 is 11.3 Å². The van der Waals surface area contributed by atoms with Crippen LogP contribution in [-0.2, 0) is 11.2 Å². The Morgan fingerprint density at radius 2 is 2.12 bits per heavy atom. The lowest BCUT2D eigenvalue weighted by atomic mass is 10.2. The van der Waals surface area contributed by atoms with Crippen LogP contribution in [0.3, 0.4) is 0 Å². The highest BCUT2D eigenvalue weighted by Crippen LogP contribution is 2.13. The van der Waals surface area contributed by atoms with Gasteiger partial charge in [0, 0.05) is 18.1 Å². The maximum absolute atomic E-state index is 11.9. The number of hydrogen-bond donors (Lipinski definition) is 0. The molecule has 1 aromatic heterocycles. The molecule has 0 radical (unpaired) electrons. The Morgan fingerprint density at radius 1 is 1.38 bits per heavy atom. The van der Waals surface area contributed by atoms with Gasteiger partial charge in [-0.2, -0.15) is 0 Å². The van der Waals surface area contributed by atoms with Crippen molar-refractivity contribution in [1.82, 2.24) is 4.98 Å². The number of rotatable bonds is 3. The molecule has 1 heterocycles. The van der Waals surface area contributed by atoms with Crippen LogP contribution in [0.1, 0.15) is 5.69 Å². The van der Waals surface area contributed by atoms with Gasteiger partial charge in [0.05, 0.1) is 17.6 Å². The number of benzene rings is 1. The quantitative estimate of drug-likeness (QED) is 0.814. The number of carbonyl (C=O) groups excluding carboxylic acids is 1. The SMILES string of the molecule is CN(C(=O)Cc1cscn1)c1ccccc1. The summed E-state index contributed by atoms with van der Waals surface area (Å²) in [5.41, 5.74) is 3.48. The second-order valence-electron chi connectivity index (χ2n) is 3.44. The normalized spacial score (nSPS) is 10.1. The van der Waals surface area contributed by atoms with Crippen LogP contribution in [-0.4, -0.2) is 17.9 Å². The lowest BCUT2D eigenvalue weighted by Crippen LogP contribution is -2.27. The Bertz CT molecular complexity index is 453. The zero-order valence-corrected chi connectivity index (χ0v) is 9.78. The molecule has 0 N–H and O–H groups in total. The Morgan fingerprint density at radius 3 is 2.75 bits per heavy atom. The molecule has 0 aliphatic carbocycles.